The van der Waals surface area contributed by atoms with E-state index in [1.165, 1.54) is 6.92 Å². The fraction of sp³-hybridized carbons (Fsp3) is 0.824. The maximum Gasteiger partial charge on any atom is 0.329 e. The minimum absolute atomic E-state index is 0.283. The van der Waals surface area contributed by atoms with Gasteiger partial charge in [0.2, 0.25) is 0 Å². The Hall–Kier alpha value is -1.63. The van der Waals surface area contributed by atoms with E-state index in [0.29, 0.717) is 18.8 Å². The lowest BCUT2D eigenvalue weighted by atomic mass is 9.87. The van der Waals surface area contributed by atoms with Gasteiger partial charge in [-0.1, -0.05) is 13.8 Å². The zero-order valence-corrected chi connectivity index (χ0v) is 15.3. The molecule has 0 aromatic carbocycles. The molecule has 136 valence electrons. The van der Waals surface area contributed by atoms with E-state index in [1.54, 1.807) is 13.8 Å². The van der Waals surface area contributed by atoms with Crippen LogP contribution in [0.4, 0.5) is 4.79 Å². The maximum atomic E-state index is 12.9. The highest BCUT2D eigenvalue weighted by molar-refractivity contribution is 6.09. The average Bonchev–Trinajstić information content (AvgIpc) is 2.71. The third-order valence-electron chi connectivity index (χ3n) is 4.61. The molecular weight excluding hydrogens is 310 g/mol. The van der Waals surface area contributed by atoms with Crippen molar-refractivity contribution >= 4 is 17.9 Å². The van der Waals surface area contributed by atoms with Gasteiger partial charge >= 0.3 is 12.0 Å². The van der Waals surface area contributed by atoms with Crippen LogP contribution in [0.1, 0.15) is 47.5 Å². The van der Waals surface area contributed by atoms with Crippen molar-refractivity contribution in [1.82, 2.24) is 15.1 Å². The number of amides is 3. The quantitative estimate of drug-likeness (QED) is 0.604. The first-order valence-electron chi connectivity index (χ1n) is 8.75. The van der Waals surface area contributed by atoms with Crippen LogP contribution in [-0.4, -0.2) is 65.0 Å². The van der Waals surface area contributed by atoms with Gasteiger partial charge in [-0.05, 0) is 39.5 Å². The van der Waals surface area contributed by atoms with E-state index < -0.39 is 23.6 Å². The van der Waals surface area contributed by atoms with E-state index >= 15 is 0 Å². The van der Waals surface area contributed by atoms with Crippen LogP contribution >= 0.6 is 0 Å². The summed E-state index contributed by atoms with van der Waals surface area (Å²) in [5.41, 5.74) is -0.864. The predicted octanol–water partition coefficient (Wildman–Crippen LogP) is 1.37. The van der Waals surface area contributed by atoms with E-state index in [2.05, 4.69) is 24.1 Å². The number of urea groups is 1. The molecule has 2 aliphatic rings. The van der Waals surface area contributed by atoms with E-state index in [4.69, 9.17) is 4.74 Å². The van der Waals surface area contributed by atoms with Crippen molar-refractivity contribution in [3.8, 4) is 0 Å². The summed E-state index contributed by atoms with van der Waals surface area (Å²) in [6.45, 7) is 11.9. The van der Waals surface area contributed by atoms with Crippen molar-refractivity contribution in [2.75, 3.05) is 19.6 Å². The molecule has 0 aromatic heterocycles. The number of ether oxygens (including phenoxy) is 1. The molecule has 2 saturated heterocycles. The Labute approximate surface area is 143 Å². The SMILES string of the molecule is CC(C)CN1CCC2(CC1)NC(=O)N(C(C)C(=O)OC(C)C)C2=O. The van der Waals surface area contributed by atoms with Crippen molar-refractivity contribution in [3.63, 3.8) is 0 Å². The summed E-state index contributed by atoms with van der Waals surface area (Å²) >= 11 is 0. The normalized spacial score (nSPS) is 22.4. The molecule has 7 nitrogen and oxygen atoms in total. The molecule has 24 heavy (non-hydrogen) atoms. The Morgan fingerprint density at radius 3 is 2.25 bits per heavy atom. The number of imide groups is 1. The molecule has 7 heteroatoms. The molecule has 0 saturated carbocycles. The van der Waals surface area contributed by atoms with Crippen molar-refractivity contribution in [1.29, 1.82) is 0 Å². The Bertz CT molecular complexity index is 510. The smallest absolute Gasteiger partial charge is 0.329 e. The first-order chi connectivity index (χ1) is 11.2. The lowest BCUT2D eigenvalue weighted by Gasteiger charge is -2.38. The van der Waals surface area contributed by atoms with Crippen LogP contribution in [0.25, 0.3) is 0 Å². The summed E-state index contributed by atoms with van der Waals surface area (Å²) in [6, 6.07) is -1.40. The maximum absolute atomic E-state index is 12.9. The first kappa shape index (κ1) is 18.7. The van der Waals surface area contributed by atoms with Crippen LogP contribution in [0.5, 0.6) is 0 Å². The molecule has 2 fully saturated rings. The standard InChI is InChI=1S/C17H29N3O4/c1-11(2)10-19-8-6-17(7-9-19)15(22)20(16(23)18-17)13(5)14(21)24-12(3)4/h11-13H,6-10H2,1-5H3,(H,18,23). The van der Waals surface area contributed by atoms with Crippen molar-refractivity contribution in [3.05, 3.63) is 0 Å². The van der Waals surface area contributed by atoms with Crippen LogP contribution in [-0.2, 0) is 14.3 Å². The van der Waals surface area contributed by atoms with Crippen LogP contribution < -0.4 is 5.32 Å². The molecule has 1 spiro atoms. The van der Waals surface area contributed by atoms with Crippen molar-refractivity contribution in [2.24, 2.45) is 5.92 Å². The van der Waals surface area contributed by atoms with E-state index in [0.717, 1.165) is 24.5 Å². The van der Waals surface area contributed by atoms with Crippen LogP contribution in [0.2, 0.25) is 0 Å². The Kier molecular flexibility index (Phi) is 5.52. The van der Waals surface area contributed by atoms with Gasteiger partial charge in [0.15, 0.2) is 0 Å². The van der Waals surface area contributed by atoms with Gasteiger partial charge in [0.25, 0.3) is 5.91 Å². The molecule has 0 bridgehead atoms. The van der Waals surface area contributed by atoms with Gasteiger partial charge in [-0.25, -0.2) is 14.5 Å². The lowest BCUT2D eigenvalue weighted by molar-refractivity contribution is -0.155. The molecule has 0 radical (unpaired) electrons. The highest BCUT2D eigenvalue weighted by Gasteiger charge is 2.54. The summed E-state index contributed by atoms with van der Waals surface area (Å²) < 4.78 is 5.14. The number of piperidine rings is 1. The average molecular weight is 339 g/mol. The van der Waals surface area contributed by atoms with Crippen LogP contribution in [0, 0.1) is 5.92 Å². The summed E-state index contributed by atoms with van der Waals surface area (Å²) in [7, 11) is 0. The molecule has 1 atom stereocenters. The number of nitrogens with zero attached hydrogens (tertiary/aromatic N) is 2. The van der Waals surface area contributed by atoms with Gasteiger partial charge in [-0.2, -0.15) is 0 Å². The summed E-state index contributed by atoms with van der Waals surface area (Å²) in [4.78, 5) is 40.6. The fourth-order valence-electron chi connectivity index (χ4n) is 3.40. The molecule has 1 N–H and O–H groups in total. The molecule has 0 aliphatic carbocycles. The molecule has 2 heterocycles. The topological polar surface area (TPSA) is 79.0 Å². The second kappa shape index (κ2) is 7.09. The molecule has 2 aliphatic heterocycles. The minimum Gasteiger partial charge on any atom is -0.461 e. The molecule has 1 unspecified atom stereocenters. The second-order valence-electron chi connectivity index (χ2n) is 7.54. The van der Waals surface area contributed by atoms with Gasteiger partial charge in [-0.15, -0.1) is 0 Å². The van der Waals surface area contributed by atoms with Gasteiger partial charge < -0.3 is 15.0 Å². The van der Waals surface area contributed by atoms with E-state index in [1.807, 2.05) is 0 Å². The Morgan fingerprint density at radius 1 is 1.17 bits per heavy atom. The van der Waals surface area contributed by atoms with E-state index in [9.17, 15) is 14.4 Å². The largest absolute Gasteiger partial charge is 0.461 e. The van der Waals surface area contributed by atoms with Crippen LogP contribution in [0.15, 0.2) is 0 Å². The highest BCUT2D eigenvalue weighted by atomic mass is 16.5. The number of rotatable bonds is 5. The number of likely N-dealkylation sites (tertiary alicyclic amines) is 1. The van der Waals surface area contributed by atoms with Gasteiger partial charge in [0.1, 0.15) is 11.6 Å². The predicted molar refractivity (Wildman–Crippen MR) is 89.3 cm³/mol. The van der Waals surface area contributed by atoms with Gasteiger partial charge in [0.05, 0.1) is 6.10 Å². The van der Waals surface area contributed by atoms with E-state index in [-0.39, 0.29) is 12.0 Å². The number of esters is 1. The van der Waals surface area contributed by atoms with Crippen molar-refractivity contribution < 1.29 is 19.1 Å². The monoisotopic (exact) mass is 339 g/mol. The fourth-order valence-corrected chi connectivity index (χ4v) is 3.40. The molecule has 0 aromatic rings. The summed E-state index contributed by atoms with van der Waals surface area (Å²) in [6.07, 6.45) is 0.869. The third kappa shape index (κ3) is 3.71. The number of carbonyl (C=O) groups is 3. The molecule has 3 amide bonds. The van der Waals surface area contributed by atoms with Gasteiger partial charge in [0, 0.05) is 19.6 Å². The lowest BCUT2D eigenvalue weighted by Crippen LogP contribution is -2.55. The molecule has 2 rings (SSSR count). The zero-order chi connectivity index (χ0) is 18.1. The van der Waals surface area contributed by atoms with Gasteiger partial charge in [-0.3, -0.25) is 4.79 Å². The first-order valence-corrected chi connectivity index (χ1v) is 8.75. The zero-order valence-electron chi connectivity index (χ0n) is 15.3. The Morgan fingerprint density at radius 2 is 1.75 bits per heavy atom. The second-order valence-corrected chi connectivity index (χ2v) is 7.54. The van der Waals surface area contributed by atoms with Crippen LogP contribution in [0.3, 0.4) is 0 Å². The third-order valence-corrected chi connectivity index (χ3v) is 4.61. The highest BCUT2D eigenvalue weighted by Crippen LogP contribution is 2.31. The number of nitrogens with one attached hydrogen (secondary N) is 1. The molecular formula is C17H29N3O4. The summed E-state index contributed by atoms with van der Waals surface area (Å²) in [5, 5.41) is 2.84. The minimum atomic E-state index is -0.909. The number of hydrogen-bond acceptors (Lipinski definition) is 5. The number of hydrogen-bond donors (Lipinski definition) is 1. The Balaban J connectivity index is 2.05. The van der Waals surface area contributed by atoms with Crippen molar-refractivity contribution in [2.45, 2.75) is 65.1 Å². The summed E-state index contributed by atoms with van der Waals surface area (Å²) in [5.74, 6) is -0.289. The number of carbonyl (C=O) groups excluding carboxylic acids is 3.